The Kier molecular flexibility index (Phi) is 7.04. The molecule has 4 rings (SSSR count). The van der Waals surface area contributed by atoms with Crippen molar-refractivity contribution in [3.8, 4) is 10.6 Å². The Morgan fingerprint density at radius 2 is 2.23 bits per heavy atom. The number of thiophene rings is 2. The number of hydrogen-bond acceptors (Lipinski definition) is 8. The van der Waals surface area contributed by atoms with Crippen LogP contribution in [0.2, 0.25) is 0 Å². The first-order chi connectivity index (χ1) is 15.0. The number of hydrogen-bond donors (Lipinski definition) is 1. The van der Waals surface area contributed by atoms with Crippen LogP contribution in [0.25, 0.3) is 10.6 Å². The standard InChI is InChI=1S/C22H23N3O3S3/c1-3-28-21(27)19-14-7-6-13(2)11-17(14)31-20(19)25-18(26)12-30-22-23-9-8-15(24-22)16-5-4-10-29-16/h4-5,8-10,13H,3,6-7,11-12H2,1-2H3,(H,25,26)/t13-/m1/s1. The summed E-state index contributed by atoms with van der Waals surface area (Å²) >= 11 is 4.39. The van der Waals surface area contributed by atoms with Crippen molar-refractivity contribution < 1.29 is 14.3 Å². The van der Waals surface area contributed by atoms with Crippen LogP contribution in [0.5, 0.6) is 0 Å². The van der Waals surface area contributed by atoms with Gasteiger partial charge in [0, 0.05) is 11.1 Å². The van der Waals surface area contributed by atoms with Gasteiger partial charge in [0.1, 0.15) is 5.00 Å². The fourth-order valence-corrected chi connectivity index (χ4v) is 6.26. The summed E-state index contributed by atoms with van der Waals surface area (Å²) in [7, 11) is 0. The summed E-state index contributed by atoms with van der Waals surface area (Å²) < 4.78 is 5.27. The molecule has 162 valence electrons. The van der Waals surface area contributed by atoms with Crippen molar-refractivity contribution in [3.05, 3.63) is 45.8 Å². The van der Waals surface area contributed by atoms with Crippen LogP contribution in [-0.4, -0.2) is 34.2 Å². The molecule has 3 aromatic heterocycles. The van der Waals surface area contributed by atoms with E-state index < -0.39 is 0 Å². The summed E-state index contributed by atoms with van der Waals surface area (Å²) in [5, 5.41) is 6.08. The van der Waals surface area contributed by atoms with Crippen molar-refractivity contribution in [2.45, 2.75) is 38.3 Å². The second-order valence-electron chi connectivity index (χ2n) is 7.31. The van der Waals surface area contributed by atoms with Crippen LogP contribution in [-0.2, 0) is 22.4 Å². The van der Waals surface area contributed by atoms with Crippen LogP contribution in [0.15, 0.2) is 34.9 Å². The maximum atomic E-state index is 12.7. The number of carbonyl (C=O) groups excluding carboxylic acids is 2. The molecule has 1 amide bonds. The fourth-order valence-electron chi connectivity index (χ4n) is 3.52. The third-order valence-corrected chi connectivity index (χ3v) is 7.91. The highest BCUT2D eigenvalue weighted by molar-refractivity contribution is 7.99. The molecule has 0 radical (unpaired) electrons. The molecule has 0 aliphatic heterocycles. The summed E-state index contributed by atoms with van der Waals surface area (Å²) in [6, 6.07) is 5.84. The topological polar surface area (TPSA) is 81.2 Å². The first-order valence-electron chi connectivity index (χ1n) is 10.2. The van der Waals surface area contributed by atoms with Crippen LogP contribution in [0.1, 0.15) is 41.1 Å². The van der Waals surface area contributed by atoms with Crippen molar-refractivity contribution in [1.29, 1.82) is 0 Å². The molecule has 31 heavy (non-hydrogen) atoms. The smallest absolute Gasteiger partial charge is 0.341 e. The lowest BCUT2D eigenvalue weighted by Gasteiger charge is -2.18. The average molecular weight is 474 g/mol. The normalized spacial score (nSPS) is 15.4. The summed E-state index contributed by atoms with van der Waals surface area (Å²) in [5.41, 5.74) is 2.41. The van der Waals surface area contributed by atoms with Crippen molar-refractivity contribution in [3.63, 3.8) is 0 Å². The number of fused-ring (bicyclic) bond motifs is 1. The number of aromatic nitrogens is 2. The largest absolute Gasteiger partial charge is 0.462 e. The molecular weight excluding hydrogens is 450 g/mol. The van der Waals surface area contributed by atoms with Crippen LogP contribution in [0.4, 0.5) is 5.00 Å². The molecule has 0 bridgehead atoms. The lowest BCUT2D eigenvalue weighted by atomic mass is 9.88. The highest BCUT2D eigenvalue weighted by Crippen LogP contribution is 2.40. The second kappa shape index (κ2) is 9.93. The number of amides is 1. The van der Waals surface area contributed by atoms with Crippen molar-refractivity contribution in [1.82, 2.24) is 9.97 Å². The van der Waals surface area contributed by atoms with Gasteiger partial charge in [0.25, 0.3) is 0 Å². The van der Waals surface area contributed by atoms with Gasteiger partial charge in [-0.1, -0.05) is 24.8 Å². The molecule has 1 aliphatic carbocycles. The molecule has 0 unspecified atom stereocenters. The molecule has 0 saturated heterocycles. The first kappa shape index (κ1) is 22.0. The van der Waals surface area contributed by atoms with Gasteiger partial charge in [-0.3, -0.25) is 4.79 Å². The number of rotatable bonds is 7. The molecule has 1 atom stereocenters. The Hall–Kier alpha value is -2.23. The summed E-state index contributed by atoms with van der Waals surface area (Å²) in [6.45, 7) is 4.31. The Morgan fingerprint density at radius 3 is 3.00 bits per heavy atom. The minimum absolute atomic E-state index is 0.162. The van der Waals surface area contributed by atoms with E-state index >= 15 is 0 Å². The Labute approximate surface area is 193 Å². The summed E-state index contributed by atoms with van der Waals surface area (Å²) in [4.78, 5) is 36.3. The lowest BCUT2D eigenvalue weighted by Crippen LogP contribution is -2.17. The van der Waals surface area contributed by atoms with Gasteiger partial charge in [-0.2, -0.15) is 0 Å². The molecule has 6 nitrogen and oxygen atoms in total. The van der Waals surface area contributed by atoms with E-state index in [1.54, 1.807) is 24.5 Å². The number of esters is 1. The lowest BCUT2D eigenvalue weighted by molar-refractivity contribution is -0.113. The van der Waals surface area contributed by atoms with Gasteiger partial charge in [-0.25, -0.2) is 14.8 Å². The molecule has 1 N–H and O–H groups in total. The Balaban J connectivity index is 1.46. The van der Waals surface area contributed by atoms with Gasteiger partial charge in [-0.05, 0) is 55.2 Å². The number of anilines is 1. The van der Waals surface area contributed by atoms with E-state index in [1.807, 2.05) is 23.6 Å². The second-order valence-corrected chi connectivity index (χ2v) is 10.3. The number of carbonyl (C=O) groups is 2. The predicted molar refractivity (Wildman–Crippen MR) is 126 cm³/mol. The minimum atomic E-state index is -0.357. The number of nitrogens with zero attached hydrogens (tertiary/aromatic N) is 2. The van der Waals surface area contributed by atoms with E-state index in [0.717, 1.165) is 35.4 Å². The van der Waals surface area contributed by atoms with Gasteiger partial charge < -0.3 is 10.1 Å². The average Bonchev–Trinajstić information content (AvgIpc) is 3.40. The highest BCUT2D eigenvalue weighted by atomic mass is 32.2. The molecule has 0 aromatic carbocycles. The molecule has 3 heterocycles. The zero-order valence-corrected chi connectivity index (χ0v) is 19.8. The van der Waals surface area contributed by atoms with Gasteiger partial charge in [0.05, 0.1) is 28.5 Å². The molecule has 0 spiro atoms. The van der Waals surface area contributed by atoms with E-state index in [9.17, 15) is 9.59 Å². The van der Waals surface area contributed by atoms with E-state index in [1.165, 1.54) is 28.0 Å². The monoisotopic (exact) mass is 473 g/mol. The molecular formula is C22H23N3O3S3. The Bertz CT molecular complexity index is 1080. The van der Waals surface area contributed by atoms with E-state index in [4.69, 9.17) is 4.74 Å². The minimum Gasteiger partial charge on any atom is -0.462 e. The number of ether oxygens (including phenoxy) is 1. The van der Waals surface area contributed by atoms with Gasteiger partial charge in [0.2, 0.25) is 5.91 Å². The molecule has 3 aromatic rings. The number of thioether (sulfide) groups is 1. The maximum Gasteiger partial charge on any atom is 0.341 e. The first-order valence-corrected chi connectivity index (χ1v) is 12.8. The molecule has 9 heteroatoms. The van der Waals surface area contributed by atoms with Crippen LogP contribution < -0.4 is 5.32 Å². The van der Waals surface area contributed by atoms with Crippen LogP contribution in [0.3, 0.4) is 0 Å². The van der Waals surface area contributed by atoms with E-state index in [2.05, 4.69) is 22.2 Å². The fraction of sp³-hybridized carbons (Fsp3) is 0.364. The maximum absolute atomic E-state index is 12.7. The zero-order valence-electron chi connectivity index (χ0n) is 17.3. The number of nitrogens with one attached hydrogen (secondary N) is 1. The third kappa shape index (κ3) is 5.16. The molecule has 1 aliphatic rings. The van der Waals surface area contributed by atoms with Crippen molar-refractivity contribution in [2.75, 3.05) is 17.7 Å². The van der Waals surface area contributed by atoms with Gasteiger partial charge in [0.15, 0.2) is 5.16 Å². The molecule has 0 fully saturated rings. The molecule has 0 saturated carbocycles. The SMILES string of the molecule is CCOC(=O)c1c(NC(=O)CSc2nccc(-c3cccs3)n2)sc2c1CC[C@@H](C)C2. The predicted octanol–water partition coefficient (Wildman–Crippen LogP) is 5.30. The van der Waals surface area contributed by atoms with Gasteiger partial charge >= 0.3 is 5.97 Å². The van der Waals surface area contributed by atoms with Crippen molar-refractivity contribution in [2.24, 2.45) is 5.92 Å². The Morgan fingerprint density at radius 1 is 1.35 bits per heavy atom. The van der Waals surface area contributed by atoms with E-state index in [0.29, 0.717) is 28.2 Å². The quantitative estimate of drug-likeness (QED) is 0.285. The van der Waals surface area contributed by atoms with Crippen LogP contribution >= 0.6 is 34.4 Å². The summed E-state index contributed by atoms with van der Waals surface area (Å²) in [6.07, 6.45) is 4.52. The van der Waals surface area contributed by atoms with Crippen molar-refractivity contribution >= 4 is 51.3 Å². The zero-order chi connectivity index (χ0) is 21.8. The van der Waals surface area contributed by atoms with Crippen LogP contribution in [0, 0.1) is 5.92 Å². The highest BCUT2D eigenvalue weighted by Gasteiger charge is 2.29. The summed E-state index contributed by atoms with van der Waals surface area (Å²) in [5.74, 6) is 0.194. The van der Waals surface area contributed by atoms with E-state index in [-0.39, 0.29) is 17.6 Å². The van der Waals surface area contributed by atoms with Gasteiger partial charge in [-0.15, -0.1) is 22.7 Å². The third-order valence-electron chi connectivity index (χ3n) is 4.98.